The number of nitrogens with one attached hydrogen (secondary N) is 1. The molecule has 0 bridgehead atoms. The lowest BCUT2D eigenvalue weighted by molar-refractivity contribution is -0.117. The van der Waals surface area contributed by atoms with Crippen LogP contribution < -0.4 is 19.5 Å². The molecular formula is C28H25ClN2O5S. The van der Waals surface area contributed by atoms with Crippen molar-refractivity contribution in [2.45, 2.75) is 27.1 Å². The van der Waals surface area contributed by atoms with Crippen LogP contribution in [0.3, 0.4) is 0 Å². The summed E-state index contributed by atoms with van der Waals surface area (Å²) in [4.78, 5) is 27.8. The highest BCUT2D eigenvalue weighted by molar-refractivity contribution is 8.18. The third-order valence-electron chi connectivity index (χ3n) is 5.10. The third kappa shape index (κ3) is 7.38. The maximum Gasteiger partial charge on any atom is 0.286 e. The maximum atomic E-state index is 12.3. The van der Waals surface area contributed by atoms with Gasteiger partial charge in [0, 0.05) is 17.5 Å². The van der Waals surface area contributed by atoms with E-state index in [4.69, 9.17) is 25.8 Å². The Morgan fingerprint density at radius 3 is 2.43 bits per heavy atom. The molecule has 3 aromatic carbocycles. The monoisotopic (exact) mass is 536 g/mol. The summed E-state index contributed by atoms with van der Waals surface area (Å²) in [7, 11) is 0. The van der Waals surface area contributed by atoms with Gasteiger partial charge >= 0.3 is 0 Å². The molecule has 0 radical (unpaired) electrons. The van der Waals surface area contributed by atoms with E-state index in [1.54, 1.807) is 24.3 Å². The van der Waals surface area contributed by atoms with E-state index in [0.29, 0.717) is 46.0 Å². The van der Waals surface area contributed by atoms with Gasteiger partial charge in [0.2, 0.25) is 5.91 Å². The molecule has 0 atom stereocenters. The van der Waals surface area contributed by atoms with Gasteiger partial charge in [-0.3, -0.25) is 9.59 Å². The second-order valence-electron chi connectivity index (χ2n) is 7.97. The Morgan fingerprint density at radius 1 is 0.946 bits per heavy atom. The van der Waals surface area contributed by atoms with Crippen molar-refractivity contribution in [1.29, 1.82) is 0 Å². The molecule has 1 N–H and O–H groups in total. The van der Waals surface area contributed by atoms with Crippen molar-refractivity contribution in [2.24, 2.45) is 4.99 Å². The number of rotatable bonds is 9. The highest BCUT2D eigenvalue weighted by Crippen LogP contribution is 2.33. The third-order valence-corrected chi connectivity index (χ3v) is 6.24. The molecule has 0 aromatic heterocycles. The topological polar surface area (TPSA) is 86.2 Å². The zero-order valence-corrected chi connectivity index (χ0v) is 21.9. The van der Waals surface area contributed by atoms with E-state index in [-0.39, 0.29) is 17.7 Å². The Balaban J connectivity index is 1.47. The number of carbonyl (C=O) groups is 2. The van der Waals surface area contributed by atoms with Crippen molar-refractivity contribution in [3.05, 3.63) is 93.3 Å². The van der Waals surface area contributed by atoms with Gasteiger partial charge in [0.05, 0.1) is 11.5 Å². The number of ether oxygens (including phenoxy) is 3. The van der Waals surface area contributed by atoms with Crippen LogP contribution in [0.2, 0.25) is 5.02 Å². The minimum atomic E-state index is -0.438. The molecule has 0 saturated heterocycles. The number of thioether (sulfide) groups is 1. The Labute approximate surface area is 224 Å². The van der Waals surface area contributed by atoms with Crippen molar-refractivity contribution >= 4 is 46.4 Å². The number of hydrogen-bond acceptors (Lipinski definition) is 6. The second-order valence-corrected chi connectivity index (χ2v) is 9.44. The molecule has 2 amide bonds. The lowest BCUT2D eigenvalue weighted by atomic mass is 10.1. The van der Waals surface area contributed by atoms with Crippen LogP contribution in [0.5, 0.6) is 17.2 Å². The molecule has 3 aromatic rings. The molecule has 37 heavy (non-hydrogen) atoms. The van der Waals surface area contributed by atoms with Gasteiger partial charge in [-0.2, -0.15) is 4.99 Å². The Bertz CT molecular complexity index is 1360. The first-order valence-corrected chi connectivity index (χ1v) is 12.8. The minimum Gasteiger partial charge on any atom is -0.490 e. The van der Waals surface area contributed by atoms with Gasteiger partial charge in [-0.05, 0) is 66.2 Å². The average molecular weight is 537 g/mol. The molecule has 190 valence electrons. The van der Waals surface area contributed by atoms with E-state index in [9.17, 15) is 9.59 Å². The first kappa shape index (κ1) is 26.3. The SMILES string of the molecule is CCOc1cc(COc2ccc(Cl)cc2/C=C2/SC(NC(C)=O)=NC2=O)ccc1OCc1ccccc1. The van der Waals surface area contributed by atoms with E-state index in [1.807, 2.05) is 55.5 Å². The highest BCUT2D eigenvalue weighted by atomic mass is 35.5. The normalized spacial score (nSPS) is 13.9. The fourth-order valence-corrected chi connectivity index (χ4v) is 4.48. The van der Waals surface area contributed by atoms with Gasteiger partial charge < -0.3 is 19.5 Å². The number of benzene rings is 3. The van der Waals surface area contributed by atoms with Crippen LogP contribution in [0.15, 0.2) is 76.6 Å². The van der Waals surface area contributed by atoms with Crippen molar-refractivity contribution in [3.63, 3.8) is 0 Å². The van der Waals surface area contributed by atoms with Gasteiger partial charge in [-0.1, -0.05) is 48.0 Å². The highest BCUT2D eigenvalue weighted by Gasteiger charge is 2.23. The van der Waals surface area contributed by atoms with Crippen LogP contribution in [-0.2, 0) is 22.8 Å². The van der Waals surface area contributed by atoms with Gasteiger partial charge in [-0.15, -0.1) is 0 Å². The van der Waals surface area contributed by atoms with Crippen LogP contribution in [0.1, 0.15) is 30.5 Å². The average Bonchev–Trinajstić information content (AvgIpc) is 3.21. The summed E-state index contributed by atoms with van der Waals surface area (Å²) in [6.07, 6.45) is 1.65. The van der Waals surface area contributed by atoms with Crippen LogP contribution in [-0.4, -0.2) is 23.6 Å². The predicted octanol–water partition coefficient (Wildman–Crippen LogP) is 6.00. The molecule has 9 heteroatoms. The standard InChI is InChI=1S/C28H25ClN2O5S/c1-3-34-25-13-20(9-11-24(25)36-16-19-7-5-4-6-8-19)17-35-23-12-10-22(29)14-21(23)15-26-27(33)31-28(37-26)30-18(2)32/h4-15H,3,16-17H2,1-2H3,(H,30,31,32,33)/b26-15+. The summed E-state index contributed by atoms with van der Waals surface area (Å²) in [5.74, 6) is 1.09. The number of hydrogen-bond donors (Lipinski definition) is 1. The van der Waals surface area contributed by atoms with Crippen molar-refractivity contribution in [2.75, 3.05) is 6.61 Å². The lowest BCUT2D eigenvalue weighted by Gasteiger charge is -2.15. The van der Waals surface area contributed by atoms with Crippen LogP contribution >= 0.6 is 23.4 Å². The number of amidine groups is 1. The summed E-state index contributed by atoms with van der Waals surface area (Å²) in [5, 5.41) is 3.27. The minimum absolute atomic E-state index is 0.242. The number of nitrogens with zero attached hydrogens (tertiary/aromatic N) is 1. The van der Waals surface area contributed by atoms with E-state index in [0.717, 1.165) is 22.9 Å². The number of carbonyl (C=O) groups excluding carboxylic acids is 2. The number of aliphatic imine (C=N–C) groups is 1. The Morgan fingerprint density at radius 2 is 1.68 bits per heavy atom. The van der Waals surface area contributed by atoms with Gasteiger partial charge in [0.25, 0.3) is 5.91 Å². The first-order valence-electron chi connectivity index (χ1n) is 11.6. The second kappa shape index (κ2) is 12.5. The molecule has 0 unspecified atom stereocenters. The quantitative estimate of drug-likeness (QED) is 0.337. The van der Waals surface area contributed by atoms with E-state index in [2.05, 4.69) is 10.3 Å². The molecular weight excluding hydrogens is 512 g/mol. The van der Waals surface area contributed by atoms with Crippen molar-refractivity contribution < 1.29 is 23.8 Å². The Kier molecular flexibility index (Phi) is 8.87. The van der Waals surface area contributed by atoms with E-state index in [1.165, 1.54) is 6.92 Å². The fraction of sp³-hybridized carbons (Fsp3) is 0.179. The molecule has 4 rings (SSSR count). The molecule has 0 fully saturated rings. The van der Waals surface area contributed by atoms with Crippen LogP contribution in [0.4, 0.5) is 0 Å². The summed E-state index contributed by atoms with van der Waals surface area (Å²) in [5.41, 5.74) is 2.57. The molecule has 1 heterocycles. The van der Waals surface area contributed by atoms with Gasteiger partial charge in [-0.25, -0.2) is 0 Å². The van der Waals surface area contributed by atoms with Crippen LogP contribution in [0.25, 0.3) is 6.08 Å². The first-order chi connectivity index (χ1) is 17.9. The van der Waals surface area contributed by atoms with E-state index >= 15 is 0 Å². The summed E-state index contributed by atoms with van der Waals surface area (Å²) >= 11 is 7.29. The molecule has 1 aliphatic rings. The van der Waals surface area contributed by atoms with Crippen molar-refractivity contribution in [1.82, 2.24) is 5.32 Å². The Hall–Kier alpha value is -3.75. The molecule has 0 saturated carbocycles. The molecule has 7 nitrogen and oxygen atoms in total. The number of halogens is 1. The predicted molar refractivity (Wildman–Crippen MR) is 146 cm³/mol. The summed E-state index contributed by atoms with van der Waals surface area (Å²) in [6, 6.07) is 20.8. The zero-order valence-electron chi connectivity index (χ0n) is 20.3. The smallest absolute Gasteiger partial charge is 0.286 e. The summed E-state index contributed by atoms with van der Waals surface area (Å²) in [6.45, 7) is 4.46. The summed E-state index contributed by atoms with van der Waals surface area (Å²) < 4.78 is 17.9. The largest absolute Gasteiger partial charge is 0.490 e. The van der Waals surface area contributed by atoms with Crippen LogP contribution in [0, 0.1) is 0 Å². The van der Waals surface area contributed by atoms with Gasteiger partial charge in [0.1, 0.15) is 19.0 Å². The molecule has 0 spiro atoms. The van der Waals surface area contributed by atoms with Crippen molar-refractivity contribution in [3.8, 4) is 17.2 Å². The zero-order chi connectivity index (χ0) is 26.2. The number of amides is 2. The molecule has 1 aliphatic heterocycles. The molecule has 0 aliphatic carbocycles. The van der Waals surface area contributed by atoms with Gasteiger partial charge in [0.15, 0.2) is 16.7 Å². The maximum absolute atomic E-state index is 12.3. The fourth-order valence-electron chi connectivity index (χ4n) is 3.44. The van der Waals surface area contributed by atoms with E-state index < -0.39 is 5.91 Å². The lowest BCUT2D eigenvalue weighted by Crippen LogP contribution is -2.23.